The fraction of sp³-hybridized carbons (Fsp3) is 0.500. The molecule has 1 aliphatic rings. The second-order valence-electron chi connectivity index (χ2n) is 4.51. The van der Waals surface area contributed by atoms with Gasteiger partial charge in [0.2, 0.25) is 0 Å². The van der Waals surface area contributed by atoms with Crippen LogP contribution in [0.4, 0.5) is 11.4 Å². The standard InChI is InChI=1S/C12H18N2/c1-8-6-14(7-8)12-5-11(13)9(2)4-10(12)3/h4-5,8H,6-7,13H2,1-3H3. The Morgan fingerprint density at radius 2 is 1.86 bits per heavy atom. The Bertz CT molecular complexity index is 352. The van der Waals surface area contributed by atoms with Crippen LogP contribution in [0.15, 0.2) is 12.1 Å². The number of nitrogens with zero attached hydrogens (tertiary/aromatic N) is 1. The van der Waals surface area contributed by atoms with Crippen molar-refractivity contribution in [1.82, 2.24) is 0 Å². The van der Waals surface area contributed by atoms with Gasteiger partial charge in [0.1, 0.15) is 0 Å². The molecule has 2 rings (SSSR count). The zero-order valence-corrected chi connectivity index (χ0v) is 9.17. The molecule has 0 unspecified atom stereocenters. The Balaban J connectivity index is 2.30. The molecule has 2 nitrogen and oxygen atoms in total. The maximum absolute atomic E-state index is 5.91. The van der Waals surface area contributed by atoms with E-state index in [1.807, 2.05) is 0 Å². The number of hydrogen-bond donors (Lipinski definition) is 1. The Morgan fingerprint density at radius 3 is 2.43 bits per heavy atom. The van der Waals surface area contributed by atoms with Crippen molar-refractivity contribution in [3.05, 3.63) is 23.3 Å². The van der Waals surface area contributed by atoms with Crippen LogP contribution in [0, 0.1) is 19.8 Å². The highest BCUT2D eigenvalue weighted by molar-refractivity contribution is 5.65. The number of hydrogen-bond acceptors (Lipinski definition) is 2. The molecular weight excluding hydrogens is 172 g/mol. The van der Waals surface area contributed by atoms with Crippen LogP contribution < -0.4 is 10.6 Å². The van der Waals surface area contributed by atoms with Crippen LogP contribution in [0.25, 0.3) is 0 Å². The van der Waals surface area contributed by atoms with E-state index in [1.54, 1.807) is 0 Å². The molecule has 76 valence electrons. The highest BCUT2D eigenvalue weighted by Crippen LogP contribution is 2.30. The van der Waals surface area contributed by atoms with Crippen molar-refractivity contribution in [2.75, 3.05) is 23.7 Å². The summed E-state index contributed by atoms with van der Waals surface area (Å²) in [7, 11) is 0. The van der Waals surface area contributed by atoms with E-state index in [1.165, 1.54) is 29.9 Å². The van der Waals surface area contributed by atoms with E-state index in [4.69, 9.17) is 5.73 Å². The summed E-state index contributed by atoms with van der Waals surface area (Å²) in [4.78, 5) is 2.40. The summed E-state index contributed by atoms with van der Waals surface area (Å²) in [6.07, 6.45) is 0. The van der Waals surface area contributed by atoms with Gasteiger partial charge in [0.15, 0.2) is 0 Å². The average molecular weight is 190 g/mol. The molecule has 0 amide bonds. The van der Waals surface area contributed by atoms with Crippen molar-refractivity contribution >= 4 is 11.4 Å². The summed E-state index contributed by atoms with van der Waals surface area (Å²) in [5, 5.41) is 0. The minimum atomic E-state index is 0.830. The Labute approximate surface area is 85.7 Å². The van der Waals surface area contributed by atoms with Crippen LogP contribution in [0.3, 0.4) is 0 Å². The first kappa shape index (κ1) is 9.38. The van der Waals surface area contributed by atoms with E-state index in [2.05, 4.69) is 37.8 Å². The molecule has 0 radical (unpaired) electrons. The molecule has 1 aromatic rings. The van der Waals surface area contributed by atoms with Gasteiger partial charge in [-0.2, -0.15) is 0 Å². The third-order valence-electron chi connectivity index (χ3n) is 2.99. The Morgan fingerprint density at radius 1 is 1.21 bits per heavy atom. The van der Waals surface area contributed by atoms with Gasteiger partial charge in [-0.3, -0.25) is 0 Å². The van der Waals surface area contributed by atoms with Gasteiger partial charge >= 0.3 is 0 Å². The molecule has 0 saturated carbocycles. The van der Waals surface area contributed by atoms with Crippen molar-refractivity contribution in [3.8, 4) is 0 Å². The molecule has 0 spiro atoms. The predicted molar refractivity (Wildman–Crippen MR) is 61.7 cm³/mol. The number of anilines is 2. The molecule has 1 aliphatic heterocycles. The molecule has 1 saturated heterocycles. The number of nitrogens with two attached hydrogens (primary N) is 1. The molecule has 0 aliphatic carbocycles. The normalized spacial score (nSPS) is 16.9. The molecule has 2 N–H and O–H groups in total. The van der Waals surface area contributed by atoms with E-state index in [-0.39, 0.29) is 0 Å². The maximum Gasteiger partial charge on any atom is 0.0416 e. The summed E-state index contributed by atoms with van der Waals surface area (Å²) >= 11 is 0. The minimum absolute atomic E-state index is 0.830. The van der Waals surface area contributed by atoms with E-state index >= 15 is 0 Å². The van der Waals surface area contributed by atoms with E-state index in [9.17, 15) is 0 Å². The van der Waals surface area contributed by atoms with Crippen LogP contribution in [0.1, 0.15) is 18.1 Å². The second-order valence-corrected chi connectivity index (χ2v) is 4.51. The van der Waals surface area contributed by atoms with Gasteiger partial charge in [0.25, 0.3) is 0 Å². The van der Waals surface area contributed by atoms with Crippen LogP contribution in [0.2, 0.25) is 0 Å². The van der Waals surface area contributed by atoms with Gasteiger partial charge in [-0.05, 0) is 37.0 Å². The van der Waals surface area contributed by atoms with Crippen molar-refractivity contribution in [1.29, 1.82) is 0 Å². The van der Waals surface area contributed by atoms with Gasteiger partial charge < -0.3 is 10.6 Å². The molecule has 0 bridgehead atoms. The van der Waals surface area contributed by atoms with E-state index < -0.39 is 0 Å². The molecule has 1 heterocycles. The van der Waals surface area contributed by atoms with Crippen molar-refractivity contribution in [2.45, 2.75) is 20.8 Å². The first-order valence-electron chi connectivity index (χ1n) is 5.19. The van der Waals surface area contributed by atoms with Gasteiger partial charge in [-0.25, -0.2) is 0 Å². The Kier molecular flexibility index (Phi) is 2.14. The number of benzene rings is 1. The summed E-state index contributed by atoms with van der Waals surface area (Å²) in [6.45, 7) is 8.84. The second kappa shape index (κ2) is 3.19. The summed E-state index contributed by atoms with van der Waals surface area (Å²) in [6, 6.07) is 4.28. The smallest absolute Gasteiger partial charge is 0.0416 e. The molecule has 0 aromatic heterocycles. The summed E-state index contributed by atoms with van der Waals surface area (Å²) in [5.74, 6) is 0.830. The van der Waals surface area contributed by atoms with Crippen LogP contribution in [-0.4, -0.2) is 13.1 Å². The van der Waals surface area contributed by atoms with Gasteiger partial charge in [0, 0.05) is 24.5 Å². The van der Waals surface area contributed by atoms with Crippen LogP contribution in [-0.2, 0) is 0 Å². The fourth-order valence-electron chi connectivity index (χ4n) is 2.09. The first-order valence-corrected chi connectivity index (χ1v) is 5.19. The lowest BCUT2D eigenvalue weighted by atomic mass is 9.99. The first-order chi connectivity index (χ1) is 6.58. The lowest BCUT2D eigenvalue weighted by molar-refractivity contribution is 0.447. The minimum Gasteiger partial charge on any atom is -0.398 e. The number of aryl methyl sites for hydroxylation is 2. The predicted octanol–water partition coefficient (Wildman–Crippen LogP) is 2.34. The molecule has 14 heavy (non-hydrogen) atoms. The number of rotatable bonds is 1. The van der Waals surface area contributed by atoms with Crippen LogP contribution >= 0.6 is 0 Å². The number of nitrogen functional groups attached to an aromatic ring is 1. The van der Waals surface area contributed by atoms with Gasteiger partial charge in [-0.15, -0.1) is 0 Å². The van der Waals surface area contributed by atoms with Gasteiger partial charge in [0.05, 0.1) is 0 Å². The molecule has 0 atom stereocenters. The topological polar surface area (TPSA) is 29.3 Å². The summed E-state index contributed by atoms with van der Waals surface area (Å²) < 4.78 is 0. The molecular formula is C12H18N2. The molecule has 1 fully saturated rings. The highest BCUT2D eigenvalue weighted by Gasteiger charge is 2.23. The molecule has 1 aromatic carbocycles. The average Bonchev–Trinajstić information content (AvgIpc) is 2.07. The lowest BCUT2D eigenvalue weighted by Crippen LogP contribution is -2.45. The maximum atomic E-state index is 5.91. The monoisotopic (exact) mass is 190 g/mol. The van der Waals surface area contributed by atoms with Crippen molar-refractivity contribution < 1.29 is 0 Å². The highest BCUT2D eigenvalue weighted by atomic mass is 15.2. The van der Waals surface area contributed by atoms with Gasteiger partial charge in [-0.1, -0.05) is 13.0 Å². The van der Waals surface area contributed by atoms with E-state index in [0.29, 0.717) is 0 Å². The quantitative estimate of drug-likeness (QED) is 0.689. The summed E-state index contributed by atoms with van der Waals surface area (Å²) in [5.41, 5.74) is 10.7. The Hall–Kier alpha value is -1.18. The largest absolute Gasteiger partial charge is 0.398 e. The van der Waals surface area contributed by atoms with Crippen molar-refractivity contribution in [3.63, 3.8) is 0 Å². The fourth-order valence-corrected chi connectivity index (χ4v) is 2.09. The third kappa shape index (κ3) is 1.45. The SMILES string of the molecule is Cc1cc(C)c(N2CC(C)C2)cc1N. The third-order valence-corrected chi connectivity index (χ3v) is 2.99. The zero-order valence-electron chi connectivity index (χ0n) is 9.17. The van der Waals surface area contributed by atoms with Crippen molar-refractivity contribution in [2.24, 2.45) is 5.92 Å². The van der Waals surface area contributed by atoms with E-state index in [0.717, 1.165) is 11.6 Å². The lowest BCUT2D eigenvalue weighted by Gasteiger charge is -2.40. The molecule has 2 heteroatoms. The van der Waals surface area contributed by atoms with Crippen LogP contribution in [0.5, 0.6) is 0 Å². The zero-order chi connectivity index (χ0) is 10.3.